The Morgan fingerprint density at radius 2 is 2.15 bits per heavy atom. The molecule has 0 aliphatic carbocycles. The maximum Gasteiger partial charge on any atom is 0.125 e. The molecule has 72 valence electrons. The summed E-state index contributed by atoms with van der Waals surface area (Å²) in [6, 6.07) is 4.38. The van der Waals surface area contributed by atoms with E-state index in [1.54, 1.807) is 6.07 Å². The highest BCUT2D eigenvalue weighted by Crippen LogP contribution is 2.19. The topological polar surface area (TPSA) is 38.0 Å². The predicted octanol–water partition coefficient (Wildman–Crippen LogP) is 2.48. The normalized spacial score (nSPS) is 10.5. The third-order valence-corrected chi connectivity index (χ3v) is 1.71. The summed E-state index contributed by atoms with van der Waals surface area (Å²) in [5.41, 5.74) is 6.87. The van der Waals surface area contributed by atoms with E-state index in [1.165, 1.54) is 12.1 Å². The lowest BCUT2D eigenvalue weighted by molar-refractivity contribution is 0.628. The molecule has 0 spiro atoms. The Morgan fingerprint density at radius 1 is 1.46 bits per heavy atom. The molecule has 13 heavy (non-hydrogen) atoms. The van der Waals surface area contributed by atoms with Crippen molar-refractivity contribution in [3.63, 3.8) is 0 Å². The molecule has 3 heteroatoms. The highest BCUT2D eigenvalue weighted by Gasteiger charge is 2.00. The predicted molar refractivity (Wildman–Crippen MR) is 54.1 cm³/mol. The zero-order valence-electron chi connectivity index (χ0n) is 7.97. The minimum absolute atomic E-state index is 0.299. The summed E-state index contributed by atoms with van der Waals surface area (Å²) in [6.07, 6.45) is 0. The molecule has 0 heterocycles. The van der Waals surface area contributed by atoms with E-state index in [2.05, 4.69) is 19.2 Å². The van der Waals surface area contributed by atoms with Crippen LogP contribution in [0.25, 0.3) is 0 Å². The van der Waals surface area contributed by atoms with E-state index < -0.39 is 0 Å². The molecule has 0 unspecified atom stereocenters. The fourth-order valence-electron chi connectivity index (χ4n) is 1.01. The van der Waals surface area contributed by atoms with Crippen LogP contribution in [0.5, 0.6) is 0 Å². The molecular weight excluding hydrogens is 167 g/mol. The number of anilines is 2. The van der Waals surface area contributed by atoms with Gasteiger partial charge in [-0.1, -0.05) is 13.8 Å². The molecule has 1 aromatic carbocycles. The lowest BCUT2D eigenvalue weighted by Crippen LogP contribution is -2.09. The van der Waals surface area contributed by atoms with Crippen LogP contribution in [0.1, 0.15) is 13.8 Å². The first kappa shape index (κ1) is 9.84. The van der Waals surface area contributed by atoms with Crippen molar-refractivity contribution in [3.8, 4) is 0 Å². The van der Waals surface area contributed by atoms with Crippen molar-refractivity contribution in [1.29, 1.82) is 0 Å². The van der Waals surface area contributed by atoms with Gasteiger partial charge in [0, 0.05) is 6.54 Å². The van der Waals surface area contributed by atoms with Crippen LogP contribution in [0.2, 0.25) is 0 Å². The van der Waals surface area contributed by atoms with Gasteiger partial charge in [-0.05, 0) is 24.1 Å². The van der Waals surface area contributed by atoms with Crippen LogP contribution >= 0.6 is 0 Å². The molecule has 0 amide bonds. The summed E-state index contributed by atoms with van der Waals surface area (Å²) >= 11 is 0. The number of benzene rings is 1. The van der Waals surface area contributed by atoms with Crippen molar-refractivity contribution in [2.24, 2.45) is 5.92 Å². The van der Waals surface area contributed by atoms with Gasteiger partial charge in [-0.25, -0.2) is 4.39 Å². The number of nitrogens with one attached hydrogen (secondary N) is 1. The first-order chi connectivity index (χ1) is 6.09. The van der Waals surface area contributed by atoms with E-state index in [0.29, 0.717) is 11.6 Å². The maximum atomic E-state index is 12.6. The molecule has 0 aliphatic heterocycles. The first-order valence-electron chi connectivity index (χ1n) is 4.38. The van der Waals surface area contributed by atoms with Crippen LogP contribution < -0.4 is 11.1 Å². The lowest BCUT2D eigenvalue weighted by Gasteiger charge is -2.10. The van der Waals surface area contributed by atoms with Gasteiger partial charge in [-0.2, -0.15) is 0 Å². The van der Waals surface area contributed by atoms with Crippen LogP contribution in [0.15, 0.2) is 18.2 Å². The molecule has 0 atom stereocenters. The van der Waals surface area contributed by atoms with Gasteiger partial charge >= 0.3 is 0 Å². The Kier molecular flexibility index (Phi) is 3.12. The summed E-state index contributed by atoms with van der Waals surface area (Å²) in [7, 11) is 0. The zero-order valence-corrected chi connectivity index (χ0v) is 7.97. The van der Waals surface area contributed by atoms with Crippen LogP contribution in [0.3, 0.4) is 0 Å². The number of nitrogen functional groups attached to an aromatic ring is 1. The molecule has 0 aromatic heterocycles. The van der Waals surface area contributed by atoms with E-state index in [1.807, 2.05) is 0 Å². The Morgan fingerprint density at radius 3 is 2.69 bits per heavy atom. The quantitative estimate of drug-likeness (QED) is 0.705. The smallest absolute Gasteiger partial charge is 0.125 e. The Bertz CT molecular complexity index is 284. The molecule has 1 rings (SSSR count). The van der Waals surface area contributed by atoms with Crippen molar-refractivity contribution >= 4 is 11.4 Å². The molecule has 0 saturated heterocycles. The molecule has 0 radical (unpaired) electrons. The molecule has 2 nitrogen and oxygen atoms in total. The maximum absolute atomic E-state index is 12.6. The van der Waals surface area contributed by atoms with Gasteiger partial charge in [0.05, 0.1) is 11.4 Å². The summed E-state index contributed by atoms with van der Waals surface area (Å²) < 4.78 is 12.6. The van der Waals surface area contributed by atoms with Gasteiger partial charge in [0.25, 0.3) is 0 Å². The number of nitrogens with two attached hydrogens (primary N) is 1. The second kappa shape index (κ2) is 4.12. The number of rotatable bonds is 3. The molecule has 1 aromatic rings. The van der Waals surface area contributed by atoms with Crippen LogP contribution in [0.4, 0.5) is 15.8 Å². The highest BCUT2D eigenvalue weighted by atomic mass is 19.1. The van der Waals surface area contributed by atoms with E-state index in [-0.39, 0.29) is 5.82 Å². The molecule has 0 saturated carbocycles. The first-order valence-corrected chi connectivity index (χ1v) is 4.38. The second-order valence-corrected chi connectivity index (χ2v) is 3.51. The summed E-state index contributed by atoms with van der Waals surface area (Å²) in [5.74, 6) is 0.247. The third kappa shape index (κ3) is 2.93. The van der Waals surface area contributed by atoms with Gasteiger partial charge < -0.3 is 11.1 Å². The lowest BCUT2D eigenvalue weighted by atomic mass is 10.2. The minimum atomic E-state index is -0.299. The Balaban J connectivity index is 2.67. The number of hydrogen-bond acceptors (Lipinski definition) is 2. The molecule has 0 aliphatic rings. The number of hydrogen-bond donors (Lipinski definition) is 2. The third-order valence-electron chi connectivity index (χ3n) is 1.71. The van der Waals surface area contributed by atoms with Crippen LogP contribution in [-0.4, -0.2) is 6.54 Å². The SMILES string of the molecule is CC(C)CNc1ccc(F)cc1N. The summed E-state index contributed by atoms with van der Waals surface area (Å²) in [5, 5.41) is 3.15. The van der Waals surface area contributed by atoms with Gasteiger partial charge in [0.2, 0.25) is 0 Å². The number of halogens is 1. The van der Waals surface area contributed by atoms with E-state index in [4.69, 9.17) is 5.73 Å². The van der Waals surface area contributed by atoms with E-state index in [0.717, 1.165) is 12.2 Å². The molecule has 0 bridgehead atoms. The Labute approximate surface area is 77.9 Å². The van der Waals surface area contributed by atoms with Gasteiger partial charge in [-0.15, -0.1) is 0 Å². The van der Waals surface area contributed by atoms with Gasteiger partial charge in [0.1, 0.15) is 5.82 Å². The van der Waals surface area contributed by atoms with Crippen LogP contribution in [-0.2, 0) is 0 Å². The molecule has 3 N–H and O–H groups in total. The average Bonchev–Trinajstić information content (AvgIpc) is 2.02. The van der Waals surface area contributed by atoms with Crippen molar-refractivity contribution in [2.45, 2.75) is 13.8 Å². The summed E-state index contributed by atoms with van der Waals surface area (Å²) in [4.78, 5) is 0. The van der Waals surface area contributed by atoms with Crippen molar-refractivity contribution in [2.75, 3.05) is 17.6 Å². The standard InChI is InChI=1S/C10H15FN2/c1-7(2)6-13-10-4-3-8(11)5-9(10)12/h3-5,7,13H,6,12H2,1-2H3. The highest BCUT2D eigenvalue weighted by molar-refractivity contribution is 5.65. The monoisotopic (exact) mass is 182 g/mol. The fraction of sp³-hybridized carbons (Fsp3) is 0.400. The van der Waals surface area contributed by atoms with E-state index >= 15 is 0 Å². The Hall–Kier alpha value is -1.25. The van der Waals surface area contributed by atoms with Gasteiger partial charge in [0.15, 0.2) is 0 Å². The second-order valence-electron chi connectivity index (χ2n) is 3.51. The largest absolute Gasteiger partial charge is 0.397 e. The zero-order chi connectivity index (χ0) is 9.84. The molecule has 0 fully saturated rings. The fourth-order valence-corrected chi connectivity index (χ4v) is 1.01. The van der Waals surface area contributed by atoms with Crippen molar-refractivity contribution < 1.29 is 4.39 Å². The molecular formula is C10H15FN2. The summed E-state index contributed by atoms with van der Waals surface area (Å²) in [6.45, 7) is 5.05. The van der Waals surface area contributed by atoms with E-state index in [9.17, 15) is 4.39 Å². The van der Waals surface area contributed by atoms with Gasteiger partial charge in [-0.3, -0.25) is 0 Å². The van der Waals surface area contributed by atoms with Crippen molar-refractivity contribution in [1.82, 2.24) is 0 Å². The van der Waals surface area contributed by atoms with Crippen LogP contribution in [0, 0.1) is 11.7 Å². The minimum Gasteiger partial charge on any atom is -0.397 e. The average molecular weight is 182 g/mol. The van der Waals surface area contributed by atoms with Crippen molar-refractivity contribution in [3.05, 3.63) is 24.0 Å².